The molecule has 153 valence electrons. The Morgan fingerprint density at radius 3 is 2.65 bits per heavy atom. The SMILES string of the molecule is CCOc1ccc(Cn2c3cc(-c4cccs4)c[c]c3c3c(C(N)=O)cccc32)cc1. The van der Waals surface area contributed by atoms with Crippen LogP contribution in [0.25, 0.3) is 32.2 Å². The summed E-state index contributed by atoms with van der Waals surface area (Å²) in [6, 6.07) is 25.6. The molecule has 4 nitrogen and oxygen atoms in total. The van der Waals surface area contributed by atoms with Gasteiger partial charge in [0.25, 0.3) is 0 Å². The molecule has 0 aliphatic carbocycles. The maximum Gasteiger partial charge on any atom is 0.249 e. The van der Waals surface area contributed by atoms with Crippen molar-refractivity contribution in [1.29, 1.82) is 0 Å². The quantitative estimate of drug-likeness (QED) is 0.370. The van der Waals surface area contributed by atoms with Crippen LogP contribution in [0.5, 0.6) is 5.75 Å². The van der Waals surface area contributed by atoms with Gasteiger partial charge in [0, 0.05) is 27.8 Å². The number of primary amides is 1. The lowest BCUT2D eigenvalue weighted by atomic mass is 10.0. The van der Waals surface area contributed by atoms with Crippen LogP contribution >= 0.6 is 11.3 Å². The van der Waals surface area contributed by atoms with Crippen LogP contribution in [0, 0.1) is 6.07 Å². The van der Waals surface area contributed by atoms with Crippen molar-refractivity contribution in [3.63, 3.8) is 0 Å². The molecule has 3 aromatic carbocycles. The van der Waals surface area contributed by atoms with E-state index >= 15 is 0 Å². The lowest BCUT2D eigenvalue weighted by Crippen LogP contribution is -2.11. The summed E-state index contributed by atoms with van der Waals surface area (Å²) in [5.74, 6) is 0.430. The Morgan fingerprint density at radius 2 is 1.94 bits per heavy atom. The first-order valence-electron chi connectivity index (χ1n) is 10.2. The lowest BCUT2D eigenvalue weighted by molar-refractivity contribution is 0.100. The number of carbonyl (C=O) groups is 1. The lowest BCUT2D eigenvalue weighted by Gasteiger charge is -2.10. The minimum absolute atomic E-state index is 0.429. The predicted octanol–water partition coefficient (Wildman–Crippen LogP) is 5.87. The van der Waals surface area contributed by atoms with E-state index in [1.165, 1.54) is 4.88 Å². The van der Waals surface area contributed by atoms with E-state index in [0.717, 1.165) is 38.7 Å². The minimum atomic E-state index is -0.429. The van der Waals surface area contributed by atoms with E-state index in [9.17, 15) is 4.79 Å². The fraction of sp³-hybridized carbons (Fsp3) is 0.115. The van der Waals surface area contributed by atoms with Gasteiger partial charge in [0.2, 0.25) is 5.91 Å². The normalized spacial score (nSPS) is 11.3. The minimum Gasteiger partial charge on any atom is -0.494 e. The molecular weight excluding hydrogens is 404 g/mol. The van der Waals surface area contributed by atoms with Gasteiger partial charge in [0.05, 0.1) is 17.6 Å². The van der Waals surface area contributed by atoms with Gasteiger partial charge in [-0.3, -0.25) is 4.79 Å². The Morgan fingerprint density at radius 1 is 1.10 bits per heavy atom. The Bertz CT molecular complexity index is 1380. The number of benzene rings is 3. The number of ether oxygens (including phenoxy) is 1. The van der Waals surface area contributed by atoms with Gasteiger partial charge >= 0.3 is 0 Å². The van der Waals surface area contributed by atoms with Crippen LogP contribution < -0.4 is 10.5 Å². The molecule has 5 aromatic rings. The first kappa shape index (κ1) is 19.4. The molecule has 5 heteroatoms. The van der Waals surface area contributed by atoms with E-state index < -0.39 is 5.91 Å². The predicted molar refractivity (Wildman–Crippen MR) is 127 cm³/mol. The molecular formula is C26H21N2O2S. The van der Waals surface area contributed by atoms with E-state index in [4.69, 9.17) is 10.5 Å². The molecule has 2 N–H and O–H groups in total. The highest BCUT2D eigenvalue weighted by molar-refractivity contribution is 7.13. The van der Waals surface area contributed by atoms with Gasteiger partial charge < -0.3 is 15.0 Å². The monoisotopic (exact) mass is 425 g/mol. The molecule has 0 aliphatic heterocycles. The number of amides is 1. The maximum atomic E-state index is 12.2. The summed E-state index contributed by atoms with van der Waals surface area (Å²) in [6.07, 6.45) is 0. The molecule has 1 amide bonds. The highest BCUT2D eigenvalue weighted by Gasteiger charge is 2.17. The number of nitrogens with two attached hydrogens (primary N) is 1. The number of rotatable bonds is 6. The van der Waals surface area contributed by atoms with Gasteiger partial charge in [-0.1, -0.05) is 24.3 Å². The van der Waals surface area contributed by atoms with Gasteiger partial charge in [-0.15, -0.1) is 11.3 Å². The molecule has 2 heterocycles. The van der Waals surface area contributed by atoms with Crippen molar-refractivity contribution in [2.75, 3.05) is 6.61 Å². The van der Waals surface area contributed by atoms with Gasteiger partial charge in [0.15, 0.2) is 0 Å². The molecule has 0 spiro atoms. The number of hydrogen-bond donors (Lipinski definition) is 1. The average Bonchev–Trinajstić information content (AvgIpc) is 3.42. The summed E-state index contributed by atoms with van der Waals surface area (Å²) >= 11 is 1.70. The van der Waals surface area contributed by atoms with Crippen molar-refractivity contribution in [2.24, 2.45) is 5.73 Å². The third-order valence-corrected chi connectivity index (χ3v) is 6.36. The first-order valence-corrected chi connectivity index (χ1v) is 11.1. The summed E-state index contributed by atoms with van der Waals surface area (Å²) in [6.45, 7) is 3.28. The van der Waals surface area contributed by atoms with Gasteiger partial charge in [-0.25, -0.2) is 0 Å². The summed E-state index contributed by atoms with van der Waals surface area (Å²) < 4.78 is 7.81. The Kier molecular flexibility index (Phi) is 4.96. The molecule has 0 unspecified atom stereocenters. The summed E-state index contributed by atoms with van der Waals surface area (Å²) in [5, 5.41) is 3.84. The molecule has 0 bridgehead atoms. The number of aromatic nitrogens is 1. The van der Waals surface area contributed by atoms with Crippen LogP contribution in [0.1, 0.15) is 22.8 Å². The van der Waals surface area contributed by atoms with Crippen LogP contribution in [0.2, 0.25) is 0 Å². The zero-order chi connectivity index (χ0) is 21.4. The van der Waals surface area contributed by atoms with E-state index in [0.29, 0.717) is 18.7 Å². The van der Waals surface area contributed by atoms with E-state index in [1.807, 2.05) is 43.3 Å². The summed E-state index contributed by atoms with van der Waals surface area (Å²) in [7, 11) is 0. The average molecular weight is 426 g/mol. The molecule has 0 atom stereocenters. The third kappa shape index (κ3) is 3.47. The Balaban J connectivity index is 1.72. The van der Waals surface area contributed by atoms with E-state index in [2.05, 4.69) is 40.3 Å². The van der Waals surface area contributed by atoms with Crippen LogP contribution in [0.3, 0.4) is 0 Å². The number of thiophene rings is 1. The maximum absolute atomic E-state index is 12.2. The highest BCUT2D eigenvalue weighted by atomic mass is 32.1. The van der Waals surface area contributed by atoms with Gasteiger partial charge in [-0.05, 0) is 72.0 Å². The van der Waals surface area contributed by atoms with Crippen molar-refractivity contribution < 1.29 is 9.53 Å². The van der Waals surface area contributed by atoms with Crippen LogP contribution in [-0.2, 0) is 6.54 Å². The third-order valence-electron chi connectivity index (χ3n) is 5.44. The van der Waals surface area contributed by atoms with Crippen molar-refractivity contribution in [3.8, 4) is 16.2 Å². The zero-order valence-electron chi connectivity index (χ0n) is 17.1. The van der Waals surface area contributed by atoms with Crippen molar-refractivity contribution in [3.05, 3.63) is 89.3 Å². The molecule has 2 aromatic heterocycles. The Labute approximate surface area is 184 Å². The van der Waals surface area contributed by atoms with Crippen LogP contribution in [0.4, 0.5) is 0 Å². The molecule has 0 saturated heterocycles. The van der Waals surface area contributed by atoms with Crippen molar-refractivity contribution in [2.45, 2.75) is 13.5 Å². The largest absolute Gasteiger partial charge is 0.494 e. The second-order valence-electron chi connectivity index (χ2n) is 7.35. The van der Waals surface area contributed by atoms with Gasteiger partial charge in [-0.2, -0.15) is 0 Å². The molecule has 1 radical (unpaired) electrons. The molecule has 5 rings (SSSR count). The fourth-order valence-corrected chi connectivity index (χ4v) is 4.77. The summed E-state index contributed by atoms with van der Waals surface area (Å²) in [4.78, 5) is 13.4. The highest BCUT2D eigenvalue weighted by Crippen LogP contribution is 2.35. The van der Waals surface area contributed by atoms with Crippen molar-refractivity contribution >= 4 is 39.0 Å². The second-order valence-corrected chi connectivity index (χ2v) is 8.30. The van der Waals surface area contributed by atoms with Gasteiger partial charge in [0.1, 0.15) is 5.75 Å². The van der Waals surface area contributed by atoms with E-state index in [1.54, 1.807) is 17.4 Å². The topological polar surface area (TPSA) is 57.2 Å². The standard InChI is InChI=1S/C26H21N2O2S/c1-2-30-19-11-8-17(9-12-19)16-28-22-6-3-5-21(26(27)29)25(22)20-13-10-18(15-23(20)28)24-7-4-14-31-24/h3-12,14-15H,2,16H2,1H3,(H2,27,29). The zero-order valence-corrected chi connectivity index (χ0v) is 17.9. The smallest absolute Gasteiger partial charge is 0.249 e. The Hall–Kier alpha value is -3.57. The molecule has 0 saturated carbocycles. The number of nitrogens with zero attached hydrogens (tertiary/aromatic N) is 1. The number of carbonyl (C=O) groups excluding carboxylic acids is 1. The fourth-order valence-electron chi connectivity index (χ4n) is 4.06. The number of hydrogen-bond acceptors (Lipinski definition) is 3. The van der Waals surface area contributed by atoms with Crippen LogP contribution in [-0.4, -0.2) is 17.1 Å². The number of fused-ring (bicyclic) bond motifs is 3. The van der Waals surface area contributed by atoms with Crippen molar-refractivity contribution in [1.82, 2.24) is 4.57 Å². The first-order chi connectivity index (χ1) is 15.2. The molecule has 0 fully saturated rings. The summed E-state index contributed by atoms with van der Waals surface area (Å²) in [5.41, 5.74) is 10.5. The molecule has 31 heavy (non-hydrogen) atoms. The second kappa shape index (κ2) is 7.93. The molecule has 0 aliphatic rings. The van der Waals surface area contributed by atoms with Crippen LogP contribution in [0.15, 0.2) is 72.1 Å². The van der Waals surface area contributed by atoms with E-state index in [-0.39, 0.29) is 0 Å².